The number of piperazine rings is 1. The summed E-state index contributed by atoms with van der Waals surface area (Å²) in [5, 5.41) is 12.6. The van der Waals surface area contributed by atoms with Crippen molar-refractivity contribution in [2.45, 2.75) is 19.5 Å². The summed E-state index contributed by atoms with van der Waals surface area (Å²) >= 11 is 0. The van der Waals surface area contributed by atoms with Gasteiger partial charge in [0.2, 0.25) is 5.82 Å². The highest BCUT2D eigenvalue weighted by Gasteiger charge is 2.35. The fourth-order valence-corrected chi connectivity index (χ4v) is 3.87. The van der Waals surface area contributed by atoms with Gasteiger partial charge in [-0.1, -0.05) is 6.58 Å². The summed E-state index contributed by atoms with van der Waals surface area (Å²) in [7, 11) is 1.70. The van der Waals surface area contributed by atoms with E-state index in [1.807, 2.05) is 29.8 Å². The molecule has 152 valence electrons. The molecule has 0 amide bonds. The molecule has 0 radical (unpaired) electrons. The molecule has 0 spiro atoms. The lowest BCUT2D eigenvalue weighted by atomic mass is 10.0. The van der Waals surface area contributed by atoms with Crippen molar-refractivity contribution in [3.05, 3.63) is 48.3 Å². The third kappa shape index (κ3) is 4.95. The lowest BCUT2D eigenvalue weighted by Crippen LogP contribution is -3.28. The predicted molar refractivity (Wildman–Crippen MR) is 106 cm³/mol. The standard InChI is InChI=1S/C20H30N6O2/c1-4-10-24-11-13-25(14-12-24)19(17-6-8-18(9-7-17)28-5-2)20-21-22-23-26(20)15-16-27-3/h4,6-9,19H,1,5,10-16H2,2-3H3/p+2/t19-/m0/s1. The first kappa shape index (κ1) is 20.4. The predicted octanol–water partition coefficient (Wildman–Crippen LogP) is -1.22. The van der Waals surface area contributed by atoms with Crippen LogP contribution in [-0.2, 0) is 11.3 Å². The lowest BCUT2D eigenvalue weighted by Gasteiger charge is -2.34. The minimum Gasteiger partial charge on any atom is -0.494 e. The summed E-state index contributed by atoms with van der Waals surface area (Å²) < 4.78 is 12.7. The molecule has 8 heteroatoms. The number of benzene rings is 1. The van der Waals surface area contributed by atoms with E-state index < -0.39 is 0 Å². The smallest absolute Gasteiger partial charge is 0.214 e. The number of quaternary nitrogens is 2. The Bertz CT molecular complexity index is 725. The first-order valence-corrected chi connectivity index (χ1v) is 10.0. The molecular weight excluding hydrogens is 356 g/mol. The third-order valence-corrected chi connectivity index (χ3v) is 5.29. The van der Waals surface area contributed by atoms with Crippen molar-refractivity contribution in [3.63, 3.8) is 0 Å². The number of aromatic nitrogens is 4. The van der Waals surface area contributed by atoms with E-state index in [1.165, 1.54) is 10.5 Å². The Morgan fingerprint density at radius 2 is 1.96 bits per heavy atom. The van der Waals surface area contributed by atoms with Crippen molar-refractivity contribution in [1.82, 2.24) is 20.2 Å². The molecule has 3 rings (SSSR count). The first-order chi connectivity index (χ1) is 13.8. The van der Waals surface area contributed by atoms with Gasteiger partial charge in [0, 0.05) is 12.7 Å². The molecule has 1 fully saturated rings. The molecule has 2 heterocycles. The Labute approximate surface area is 166 Å². The van der Waals surface area contributed by atoms with Crippen molar-refractivity contribution in [2.24, 2.45) is 0 Å². The quantitative estimate of drug-likeness (QED) is 0.499. The van der Waals surface area contributed by atoms with Crippen molar-refractivity contribution in [2.75, 3.05) is 53.0 Å². The van der Waals surface area contributed by atoms with Crippen LogP contribution in [0, 0.1) is 0 Å². The molecule has 1 atom stereocenters. The molecule has 1 aromatic carbocycles. The van der Waals surface area contributed by atoms with Gasteiger partial charge in [0.1, 0.15) is 31.9 Å². The largest absolute Gasteiger partial charge is 0.494 e. The van der Waals surface area contributed by atoms with Crippen molar-refractivity contribution in [3.8, 4) is 5.75 Å². The van der Waals surface area contributed by atoms with Gasteiger partial charge in [-0.05, 0) is 47.7 Å². The number of methoxy groups -OCH3 is 1. The number of rotatable bonds is 10. The van der Waals surface area contributed by atoms with Crippen LogP contribution in [0.25, 0.3) is 0 Å². The SMILES string of the molecule is C=CC[NH+]1CC[NH+]([C@@H](c2ccc(OCC)cc2)c2nnnn2CCOC)CC1. The molecule has 2 N–H and O–H groups in total. The Morgan fingerprint density at radius 1 is 1.21 bits per heavy atom. The molecule has 28 heavy (non-hydrogen) atoms. The summed E-state index contributed by atoms with van der Waals surface area (Å²) in [5.74, 6) is 1.78. The second-order valence-corrected chi connectivity index (χ2v) is 7.09. The van der Waals surface area contributed by atoms with E-state index in [9.17, 15) is 0 Å². The summed E-state index contributed by atoms with van der Waals surface area (Å²) in [6.07, 6.45) is 2.01. The van der Waals surface area contributed by atoms with Crippen molar-refractivity contribution >= 4 is 0 Å². The molecule has 1 saturated heterocycles. The maximum atomic E-state index is 5.61. The van der Waals surface area contributed by atoms with Crippen LogP contribution < -0.4 is 14.5 Å². The Kier molecular flexibility index (Phi) is 7.53. The Balaban J connectivity index is 1.86. The van der Waals surface area contributed by atoms with Gasteiger partial charge >= 0.3 is 0 Å². The molecule has 1 aromatic heterocycles. The maximum Gasteiger partial charge on any atom is 0.214 e. The van der Waals surface area contributed by atoms with E-state index >= 15 is 0 Å². The monoisotopic (exact) mass is 388 g/mol. The zero-order valence-electron chi connectivity index (χ0n) is 16.9. The van der Waals surface area contributed by atoms with Crippen LogP contribution in [-0.4, -0.2) is 73.3 Å². The topological polar surface area (TPSA) is 70.9 Å². The van der Waals surface area contributed by atoms with Crippen LogP contribution in [0.5, 0.6) is 5.75 Å². The number of ether oxygens (including phenoxy) is 2. The molecule has 0 aliphatic carbocycles. The fourth-order valence-electron chi connectivity index (χ4n) is 3.87. The highest BCUT2D eigenvalue weighted by molar-refractivity contribution is 5.30. The highest BCUT2D eigenvalue weighted by Crippen LogP contribution is 2.20. The van der Waals surface area contributed by atoms with Gasteiger partial charge in [-0.15, -0.1) is 5.10 Å². The van der Waals surface area contributed by atoms with Gasteiger partial charge in [-0.25, -0.2) is 4.68 Å². The van der Waals surface area contributed by atoms with Gasteiger partial charge < -0.3 is 19.3 Å². The van der Waals surface area contributed by atoms with Crippen LogP contribution >= 0.6 is 0 Å². The molecule has 1 aliphatic rings. The molecule has 1 aliphatic heterocycles. The van der Waals surface area contributed by atoms with Gasteiger partial charge in [-0.3, -0.25) is 0 Å². The normalized spacial score (nSPS) is 20.6. The second-order valence-electron chi connectivity index (χ2n) is 7.09. The van der Waals surface area contributed by atoms with Crippen LogP contribution in [0.3, 0.4) is 0 Å². The van der Waals surface area contributed by atoms with E-state index in [4.69, 9.17) is 9.47 Å². The summed E-state index contributed by atoms with van der Waals surface area (Å²) in [6.45, 7) is 13.2. The summed E-state index contributed by atoms with van der Waals surface area (Å²) in [6, 6.07) is 8.44. The van der Waals surface area contributed by atoms with Crippen molar-refractivity contribution in [1.29, 1.82) is 0 Å². The van der Waals surface area contributed by atoms with Crippen LogP contribution in [0.1, 0.15) is 24.4 Å². The third-order valence-electron chi connectivity index (χ3n) is 5.29. The van der Waals surface area contributed by atoms with E-state index in [-0.39, 0.29) is 6.04 Å². The zero-order valence-corrected chi connectivity index (χ0v) is 16.9. The van der Waals surface area contributed by atoms with E-state index in [0.29, 0.717) is 19.8 Å². The minimum atomic E-state index is 0.0906. The van der Waals surface area contributed by atoms with Gasteiger partial charge in [0.15, 0.2) is 6.04 Å². The fraction of sp³-hybridized carbons (Fsp3) is 0.550. The van der Waals surface area contributed by atoms with E-state index in [0.717, 1.165) is 44.3 Å². The summed E-state index contributed by atoms with van der Waals surface area (Å²) in [5.41, 5.74) is 1.21. The Hall–Kier alpha value is -2.29. The van der Waals surface area contributed by atoms with Crippen LogP contribution in [0.15, 0.2) is 36.9 Å². The first-order valence-electron chi connectivity index (χ1n) is 10.0. The number of nitrogens with zero attached hydrogens (tertiary/aromatic N) is 4. The molecular formula is C20H32N6O2+2. The lowest BCUT2D eigenvalue weighted by molar-refractivity contribution is -1.02. The van der Waals surface area contributed by atoms with E-state index in [1.54, 1.807) is 12.0 Å². The molecule has 2 aromatic rings. The number of hydrogen-bond donors (Lipinski definition) is 2. The molecule has 0 bridgehead atoms. The van der Waals surface area contributed by atoms with Crippen LogP contribution in [0.2, 0.25) is 0 Å². The van der Waals surface area contributed by atoms with Gasteiger partial charge in [-0.2, -0.15) is 0 Å². The molecule has 8 nitrogen and oxygen atoms in total. The van der Waals surface area contributed by atoms with Gasteiger partial charge in [0.25, 0.3) is 0 Å². The Morgan fingerprint density at radius 3 is 2.61 bits per heavy atom. The number of nitrogens with one attached hydrogen (secondary N) is 2. The maximum absolute atomic E-state index is 5.61. The average Bonchev–Trinajstić information content (AvgIpc) is 3.18. The molecule has 0 unspecified atom stereocenters. The number of hydrogen-bond acceptors (Lipinski definition) is 5. The minimum absolute atomic E-state index is 0.0906. The molecule has 0 saturated carbocycles. The highest BCUT2D eigenvalue weighted by atomic mass is 16.5. The van der Waals surface area contributed by atoms with Crippen molar-refractivity contribution < 1.29 is 19.3 Å². The van der Waals surface area contributed by atoms with Crippen LogP contribution in [0.4, 0.5) is 0 Å². The number of tetrazole rings is 1. The summed E-state index contributed by atoms with van der Waals surface area (Å²) in [4.78, 5) is 3.08. The zero-order chi connectivity index (χ0) is 19.8. The van der Waals surface area contributed by atoms with E-state index in [2.05, 4.69) is 34.2 Å². The second kappa shape index (κ2) is 10.3. The van der Waals surface area contributed by atoms with Gasteiger partial charge in [0.05, 0.1) is 26.3 Å². The average molecular weight is 389 g/mol.